The number of aryl methyl sites for hydroxylation is 1. The Kier molecular flexibility index (Phi) is 5.02. The zero-order valence-electron chi connectivity index (χ0n) is 11.7. The molecule has 2 N–H and O–H groups in total. The Balaban J connectivity index is 2.07. The van der Waals surface area contributed by atoms with Gasteiger partial charge in [0.2, 0.25) is 0 Å². The Morgan fingerprint density at radius 2 is 1.48 bits per heavy atom. The quantitative estimate of drug-likeness (QED) is 0.480. The highest BCUT2D eigenvalue weighted by atomic mass is 31.2. The molecule has 21 heavy (non-hydrogen) atoms. The fraction of sp³-hybridized carbons (Fsp3) is 0.200. The summed E-state index contributed by atoms with van der Waals surface area (Å²) in [5.74, 6) is 0. The van der Waals surface area contributed by atoms with Gasteiger partial charge in [-0.05, 0) is 17.2 Å². The Morgan fingerprint density at radius 3 is 1.90 bits per heavy atom. The van der Waals surface area contributed by atoms with Gasteiger partial charge in [0.25, 0.3) is 0 Å². The van der Waals surface area contributed by atoms with Crippen molar-refractivity contribution in [1.29, 1.82) is 0 Å². The molecular weight excluding hydrogens is 287 g/mol. The smallest absolute Gasteiger partial charge is 0.324 e. The van der Waals surface area contributed by atoms with E-state index in [0.717, 1.165) is 17.7 Å². The standard InChI is InChI=1S/C15H17N2O3P/c1-2-7-16-8-3-14(4-9-16)15-5-10-17(11-6-15)12-13-21(18,19)20/h2-6,8-11H,1,7,12-13H2/p+2. The van der Waals surface area contributed by atoms with Crippen LogP contribution in [0.2, 0.25) is 0 Å². The first kappa shape index (κ1) is 15.6. The van der Waals surface area contributed by atoms with Crippen LogP contribution in [0.5, 0.6) is 0 Å². The van der Waals surface area contributed by atoms with Crippen LogP contribution in [-0.2, 0) is 17.7 Å². The van der Waals surface area contributed by atoms with Crippen molar-refractivity contribution in [2.75, 3.05) is 6.16 Å². The second kappa shape index (κ2) is 6.76. The van der Waals surface area contributed by atoms with E-state index in [1.807, 2.05) is 59.7 Å². The van der Waals surface area contributed by atoms with Crippen LogP contribution in [0.15, 0.2) is 61.7 Å². The van der Waals surface area contributed by atoms with E-state index >= 15 is 0 Å². The van der Waals surface area contributed by atoms with Crippen LogP contribution in [0.4, 0.5) is 0 Å². The van der Waals surface area contributed by atoms with Gasteiger partial charge in [-0.25, -0.2) is 9.13 Å². The second-order valence-corrected chi connectivity index (χ2v) is 6.56. The molecule has 0 spiro atoms. The van der Waals surface area contributed by atoms with E-state index in [2.05, 4.69) is 6.58 Å². The Morgan fingerprint density at radius 1 is 1.00 bits per heavy atom. The number of hydrogen-bond acceptors (Lipinski definition) is 1. The van der Waals surface area contributed by atoms with Crippen LogP contribution in [0.1, 0.15) is 0 Å². The molecule has 6 heteroatoms. The number of rotatable bonds is 6. The van der Waals surface area contributed by atoms with E-state index in [1.54, 1.807) is 4.57 Å². The molecule has 0 radical (unpaired) electrons. The Hall–Kier alpha value is -1.81. The Bertz CT molecular complexity index is 648. The van der Waals surface area contributed by atoms with Crippen molar-refractivity contribution < 1.29 is 23.5 Å². The van der Waals surface area contributed by atoms with E-state index in [0.29, 0.717) is 6.54 Å². The summed E-state index contributed by atoms with van der Waals surface area (Å²) in [7, 11) is -3.94. The predicted molar refractivity (Wildman–Crippen MR) is 79.4 cm³/mol. The van der Waals surface area contributed by atoms with Crippen molar-refractivity contribution in [3.05, 3.63) is 61.7 Å². The predicted octanol–water partition coefficient (Wildman–Crippen LogP) is 1.29. The lowest BCUT2D eigenvalue weighted by Crippen LogP contribution is -2.34. The lowest BCUT2D eigenvalue weighted by molar-refractivity contribution is -0.692. The molecule has 2 rings (SSSR count). The van der Waals surface area contributed by atoms with Crippen LogP contribution in [0, 0.1) is 0 Å². The number of hydrogen-bond donors (Lipinski definition) is 2. The third-order valence-electron chi connectivity index (χ3n) is 3.11. The number of nitrogens with zero attached hydrogens (tertiary/aromatic N) is 2. The molecule has 0 bridgehead atoms. The van der Waals surface area contributed by atoms with Crippen molar-refractivity contribution in [1.82, 2.24) is 0 Å². The number of allylic oxidation sites excluding steroid dienone is 1. The number of aromatic nitrogens is 2. The molecule has 0 unspecified atom stereocenters. The van der Waals surface area contributed by atoms with Gasteiger partial charge in [-0.2, -0.15) is 0 Å². The lowest BCUT2D eigenvalue weighted by atomic mass is 10.1. The van der Waals surface area contributed by atoms with Gasteiger partial charge in [0.15, 0.2) is 37.9 Å². The minimum absolute atomic E-state index is 0.149. The van der Waals surface area contributed by atoms with Crippen LogP contribution in [0.3, 0.4) is 0 Å². The van der Waals surface area contributed by atoms with Crippen LogP contribution in [0.25, 0.3) is 11.1 Å². The summed E-state index contributed by atoms with van der Waals surface area (Å²) in [6, 6.07) is 7.93. The zero-order chi connectivity index (χ0) is 15.3. The minimum Gasteiger partial charge on any atom is -0.324 e. The maximum atomic E-state index is 10.8. The molecule has 0 aliphatic heterocycles. The average Bonchev–Trinajstić information content (AvgIpc) is 2.46. The molecule has 2 heterocycles. The van der Waals surface area contributed by atoms with Crippen LogP contribution >= 0.6 is 7.60 Å². The van der Waals surface area contributed by atoms with Crippen molar-refractivity contribution in [2.45, 2.75) is 13.1 Å². The minimum atomic E-state index is -3.94. The second-order valence-electron chi connectivity index (χ2n) is 4.79. The molecule has 0 amide bonds. The molecule has 0 saturated heterocycles. The van der Waals surface area contributed by atoms with Crippen molar-refractivity contribution in [3.63, 3.8) is 0 Å². The lowest BCUT2D eigenvalue weighted by Gasteiger charge is -2.02. The molecule has 0 aliphatic rings. The van der Waals surface area contributed by atoms with Crippen molar-refractivity contribution in [2.24, 2.45) is 0 Å². The van der Waals surface area contributed by atoms with Crippen molar-refractivity contribution in [3.8, 4) is 11.1 Å². The molecule has 2 aromatic rings. The summed E-state index contributed by atoms with van der Waals surface area (Å²) in [5, 5.41) is 0. The molecule has 2 aromatic heterocycles. The highest BCUT2D eigenvalue weighted by Gasteiger charge is 2.15. The first-order chi connectivity index (χ1) is 9.98. The molecule has 110 valence electrons. The highest BCUT2D eigenvalue weighted by molar-refractivity contribution is 7.51. The zero-order valence-corrected chi connectivity index (χ0v) is 12.6. The third-order valence-corrected chi connectivity index (χ3v) is 3.89. The van der Waals surface area contributed by atoms with E-state index in [4.69, 9.17) is 9.79 Å². The summed E-state index contributed by atoms with van der Waals surface area (Å²) < 4.78 is 14.6. The monoisotopic (exact) mass is 306 g/mol. The SMILES string of the molecule is C=CC[n+]1ccc(-c2cc[n+](CCP(=O)(O)O)cc2)cc1. The van der Waals surface area contributed by atoms with Gasteiger partial charge in [0.05, 0.1) is 0 Å². The molecular formula is C15H19N2O3P+2. The van der Waals surface area contributed by atoms with Gasteiger partial charge >= 0.3 is 7.60 Å². The van der Waals surface area contributed by atoms with E-state index in [9.17, 15) is 4.57 Å². The van der Waals surface area contributed by atoms with Gasteiger partial charge in [-0.15, -0.1) is 0 Å². The normalized spacial score (nSPS) is 11.3. The van der Waals surface area contributed by atoms with Gasteiger partial charge in [-0.3, -0.25) is 4.57 Å². The van der Waals surface area contributed by atoms with Gasteiger partial charge in [0.1, 0.15) is 6.16 Å². The summed E-state index contributed by atoms with van der Waals surface area (Å²) in [4.78, 5) is 17.7. The summed E-state index contributed by atoms with van der Waals surface area (Å²) in [6.45, 7) is 4.78. The summed E-state index contributed by atoms with van der Waals surface area (Å²) in [6.07, 6.45) is 9.33. The third kappa shape index (κ3) is 4.90. The molecule has 0 saturated carbocycles. The summed E-state index contributed by atoms with van der Waals surface area (Å²) >= 11 is 0. The summed E-state index contributed by atoms with van der Waals surface area (Å²) in [5.41, 5.74) is 2.16. The first-order valence-electron chi connectivity index (χ1n) is 6.62. The molecule has 0 aromatic carbocycles. The van der Waals surface area contributed by atoms with E-state index < -0.39 is 7.60 Å². The molecule has 5 nitrogen and oxygen atoms in total. The highest BCUT2D eigenvalue weighted by Crippen LogP contribution is 2.33. The van der Waals surface area contributed by atoms with Crippen LogP contribution < -0.4 is 9.13 Å². The topological polar surface area (TPSA) is 65.3 Å². The van der Waals surface area contributed by atoms with Crippen molar-refractivity contribution >= 4 is 7.60 Å². The molecule has 0 fully saturated rings. The molecule has 0 aliphatic carbocycles. The van der Waals surface area contributed by atoms with Crippen LogP contribution in [-0.4, -0.2) is 15.9 Å². The fourth-order valence-corrected chi connectivity index (χ4v) is 2.46. The number of pyridine rings is 2. The van der Waals surface area contributed by atoms with Gasteiger partial charge < -0.3 is 9.79 Å². The average molecular weight is 306 g/mol. The largest absolute Gasteiger partial charge is 0.331 e. The van der Waals surface area contributed by atoms with E-state index in [-0.39, 0.29) is 6.16 Å². The molecule has 0 atom stereocenters. The van der Waals surface area contributed by atoms with Gasteiger partial charge in [0, 0.05) is 24.3 Å². The maximum Gasteiger partial charge on any atom is 0.331 e. The Labute approximate surface area is 124 Å². The van der Waals surface area contributed by atoms with Gasteiger partial charge in [-0.1, -0.05) is 6.58 Å². The maximum absolute atomic E-state index is 10.8. The fourth-order valence-electron chi connectivity index (χ4n) is 1.97. The first-order valence-corrected chi connectivity index (χ1v) is 8.42. The van der Waals surface area contributed by atoms with E-state index in [1.165, 1.54) is 0 Å².